The summed E-state index contributed by atoms with van der Waals surface area (Å²) < 4.78 is 0. The van der Waals surface area contributed by atoms with E-state index in [1.165, 1.54) is 27.8 Å². The Labute approximate surface area is 121 Å². The van der Waals surface area contributed by atoms with Gasteiger partial charge < -0.3 is 4.90 Å². The maximum atomic E-state index is 3.83. The maximum Gasteiger partial charge on any atom is 0.0795 e. The van der Waals surface area contributed by atoms with Crippen molar-refractivity contribution >= 4 is 6.08 Å². The van der Waals surface area contributed by atoms with Crippen molar-refractivity contribution in [1.29, 1.82) is 0 Å². The lowest BCUT2D eigenvalue weighted by molar-refractivity contribution is 0.375. The highest BCUT2D eigenvalue weighted by molar-refractivity contribution is 5.67. The lowest BCUT2D eigenvalue weighted by Crippen LogP contribution is -2.26. The van der Waals surface area contributed by atoms with Crippen molar-refractivity contribution in [3.63, 3.8) is 0 Å². The normalized spacial score (nSPS) is 19.4. The molecule has 1 nitrogen and oxygen atoms in total. The third kappa shape index (κ3) is 2.03. The van der Waals surface area contributed by atoms with Gasteiger partial charge in [-0.05, 0) is 59.9 Å². The van der Waals surface area contributed by atoms with Gasteiger partial charge in [0.25, 0.3) is 0 Å². The number of allylic oxidation sites excluding steroid dienone is 3. The van der Waals surface area contributed by atoms with Gasteiger partial charge in [-0.3, -0.25) is 0 Å². The molecule has 0 fully saturated rings. The van der Waals surface area contributed by atoms with Crippen molar-refractivity contribution in [2.45, 2.75) is 25.8 Å². The predicted molar refractivity (Wildman–Crippen MR) is 86.5 cm³/mol. The van der Waals surface area contributed by atoms with E-state index in [1.807, 2.05) is 6.08 Å². The van der Waals surface area contributed by atoms with Gasteiger partial charge in [0.2, 0.25) is 0 Å². The Hall–Kier alpha value is -2.02. The van der Waals surface area contributed by atoms with E-state index in [4.69, 9.17) is 0 Å². The zero-order chi connectivity index (χ0) is 14.1. The predicted octanol–water partition coefficient (Wildman–Crippen LogP) is 4.57. The van der Waals surface area contributed by atoms with Crippen LogP contribution >= 0.6 is 0 Å². The van der Waals surface area contributed by atoms with Gasteiger partial charge in [0.1, 0.15) is 0 Å². The molecule has 0 N–H and O–H groups in total. The van der Waals surface area contributed by atoms with Gasteiger partial charge in [-0.1, -0.05) is 36.4 Å². The monoisotopic (exact) mass is 263 g/mol. The lowest BCUT2D eigenvalue weighted by Gasteiger charge is -2.35. The molecule has 0 amide bonds. The van der Waals surface area contributed by atoms with Crippen LogP contribution in [0.15, 0.2) is 54.8 Å². The Morgan fingerprint density at radius 2 is 2.15 bits per heavy atom. The summed E-state index contributed by atoms with van der Waals surface area (Å²) in [5.74, 6) is 0. The summed E-state index contributed by atoms with van der Waals surface area (Å²) in [6.45, 7) is 6.10. The van der Waals surface area contributed by atoms with Gasteiger partial charge in [-0.2, -0.15) is 0 Å². The van der Waals surface area contributed by atoms with E-state index in [9.17, 15) is 0 Å². The molecule has 1 heterocycles. The Morgan fingerprint density at radius 1 is 1.30 bits per heavy atom. The van der Waals surface area contributed by atoms with Gasteiger partial charge >= 0.3 is 0 Å². The molecule has 0 bridgehead atoms. The first-order valence-corrected chi connectivity index (χ1v) is 7.24. The minimum atomic E-state index is 0.365. The first kappa shape index (κ1) is 13.0. The molecule has 20 heavy (non-hydrogen) atoms. The number of nitrogens with zero attached hydrogens (tertiary/aromatic N) is 1. The average molecular weight is 263 g/mol. The van der Waals surface area contributed by atoms with E-state index in [2.05, 4.69) is 68.1 Å². The molecule has 0 saturated carbocycles. The van der Waals surface area contributed by atoms with Gasteiger partial charge in [-0.25, -0.2) is 0 Å². The Bertz CT molecular complexity index is 631. The first-order chi connectivity index (χ1) is 9.72. The van der Waals surface area contributed by atoms with Crippen molar-refractivity contribution in [2.24, 2.45) is 0 Å². The summed E-state index contributed by atoms with van der Waals surface area (Å²) in [6, 6.07) is 4.90. The van der Waals surface area contributed by atoms with Gasteiger partial charge in [0.05, 0.1) is 6.04 Å². The molecule has 1 aromatic rings. The van der Waals surface area contributed by atoms with Crippen LogP contribution in [0.25, 0.3) is 6.08 Å². The number of likely N-dealkylation sites (N-methyl/N-ethyl adjacent to an activating group) is 1. The molecule has 0 aromatic heterocycles. The number of benzene rings is 1. The topological polar surface area (TPSA) is 3.24 Å². The van der Waals surface area contributed by atoms with Crippen LogP contribution in [0.5, 0.6) is 0 Å². The van der Waals surface area contributed by atoms with E-state index < -0.39 is 0 Å². The molecule has 3 rings (SSSR count). The molecule has 1 atom stereocenters. The fourth-order valence-corrected chi connectivity index (χ4v) is 3.24. The van der Waals surface area contributed by atoms with E-state index in [-0.39, 0.29) is 0 Å². The molecule has 0 spiro atoms. The van der Waals surface area contributed by atoms with Crippen molar-refractivity contribution in [3.8, 4) is 0 Å². The Kier molecular flexibility index (Phi) is 3.35. The number of fused-ring (bicyclic) bond motifs is 3. The van der Waals surface area contributed by atoms with Gasteiger partial charge in [-0.15, -0.1) is 6.58 Å². The Balaban J connectivity index is 2.10. The summed E-state index contributed by atoms with van der Waals surface area (Å²) in [7, 11) is 2.16. The number of aryl methyl sites for hydroxylation is 1. The molecule has 1 aliphatic carbocycles. The third-order valence-electron chi connectivity index (χ3n) is 4.34. The molecular formula is C19H21N. The van der Waals surface area contributed by atoms with Crippen LogP contribution in [-0.4, -0.2) is 11.9 Å². The summed E-state index contributed by atoms with van der Waals surface area (Å²) in [5, 5.41) is 0. The zero-order valence-electron chi connectivity index (χ0n) is 12.3. The van der Waals surface area contributed by atoms with E-state index in [0.29, 0.717) is 6.04 Å². The molecule has 1 unspecified atom stereocenters. The zero-order valence-corrected chi connectivity index (χ0v) is 12.3. The second-order valence-corrected chi connectivity index (χ2v) is 5.59. The van der Waals surface area contributed by atoms with Crippen LogP contribution in [0.1, 0.15) is 34.7 Å². The molecular weight excluding hydrogens is 242 g/mol. The quantitative estimate of drug-likeness (QED) is 0.722. The van der Waals surface area contributed by atoms with Crippen LogP contribution < -0.4 is 0 Å². The standard InChI is InChI=1S/C19H21N/c1-4-5-7-15-9-10-16-11-12-17-8-6-13-20(3)19(17)18(16)14(15)2/h4,6,8-13,19H,1,5,7H2,2-3H3. The average Bonchev–Trinajstić information content (AvgIpc) is 2.46. The molecule has 102 valence electrons. The SMILES string of the molecule is C=CCCc1ccc2c(c1C)C1C(=CC=CN1C)C=C2. The third-order valence-corrected chi connectivity index (χ3v) is 4.34. The van der Waals surface area contributed by atoms with Crippen LogP contribution in [-0.2, 0) is 6.42 Å². The highest BCUT2D eigenvalue weighted by Gasteiger charge is 2.27. The van der Waals surface area contributed by atoms with Crippen molar-refractivity contribution in [1.82, 2.24) is 4.90 Å². The minimum Gasteiger partial charge on any atom is -0.369 e. The first-order valence-electron chi connectivity index (χ1n) is 7.24. The fraction of sp³-hybridized carbons (Fsp3) is 0.263. The minimum absolute atomic E-state index is 0.365. The Morgan fingerprint density at radius 3 is 2.95 bits per heavy atom. The molecule has 2 aliphatic rings. The van der Waals surface area contributed by atoms with Crippen LogP contribution in [0.2, 0.25) is 0 Å². The summed E-state index contributed by atoms with van der Waals surface area (Å²) in [6.07, 6.45) is 15.1. The maximum absolute atomic E-state index is 3.83. The van der Waals surface area contributed by atoms with Crippen LogP contribution in [0.4, 0.5) is 0 Å². The van der Waals surface area contributed by atoms with E-state index in [0.717, 1.165) is 12.8 Å². The molecule has 1 heteroatoms. The highest BCUT2D eigenvalue weighted by atomic mass is 15.1. The van der Waals surface area contributed by atoms with E-state index >= 15 is 0 Å². The lowest BCUT2D eigenvalue weighted by atomic mass is 9.82. The molecule has 1 aliphatic heterocycles. The second kappa shape index (κ2) is 5.16. The van der Waals surface area contributed by atoms with Gasteiger partial charge in [0, 0.05) is 7.05 Å². The molecule has 0 radical (unpaired) electrons. The second-order valence-electron chi connectivity index (χ2n) is 5.59. The number of hydrogen-bond acceptors (Lipinski definition) is 1. The van der Waals surface area contributed by atoms with Crippen molar-refractivity contribution in [3.05, 3.63) is 77.0 Å². The molecule has 0 saturated heterocycles. The fourth-order valence-electron chi connectivity index (χ4n) is 3.24. The largest absolute Gasteiger partial charge is 0.369 e. The van der Waals surface area contributed by atoms with Crippen LogP contribution in [0, 0.1) is 6.92 Å². The number of rotatable bonds is 3. The van der Waals surface area contributed by atoms with Gasteiger partial charge in [0.15, 0.2) is 0 Å². The molecule has 1 aromatic carbocycles. The summed E-state index contributed by atoms with van der Waals surface area (Å²) >= 11 is 0. The smallest absolute Gasteiger partial charge is 0.0795 e. The number of hydrogen-bond donors (Lipinski definition) is 0. The van der Waals surface area contributed by atoms with Crippen molar-refractivity contribution in [2.75, 3.05) is 7.05 Å². The van der Waals surface area contributed by atoms with Crippen molar-refractivity contribution < 1.29 is 0 Å². The van der Waals surface area contributed by atoms with E-state index in [1.54, 1.807) is 0 Å². The van der Waals surface area contributed by atoms with Crippen LogP contribution in [0.3, 0.4) is 0 Å². The summed E-state index contributed by atoms with van der Waals surface area (Å²) in [5.41, 5.74) is 7.08. The highest BCUT2D eigenvalue weighted by Crippen LogP contribution is 2.40. The summed E-state index contributed by atoms with van der Waals surface area (Å²) in [4.78, 5) is 2.31.